The maximum absolute atomic E-state index is 10.4. The van der Waals surface area contributed by atoms with E-state index in [2.05, 4.69) is 12.2 Å². The number of carboxylic acid groups (broad SMARTS) is 1. The van der Waals surface area contributed by atoms with Gasteiger partial charge in [0.1, 0.15) is 0 Å². The van der Waals surface area contributed by atoms with Crippen LogP contribution in [-0.4, -0.2) is 34.5 Å². The van der Waals surface area contributed by atoms with E-state index in [0.29, 0.717) is 18.4 Å². The second kappa shape index (κ2) is 6.53. The maximum atomic E-state index is 10.4. The van der Waals surface area contributed by atoms with E-state index < -0.39 is 5.97 Å². The molecule has 5 atom stereocenters. The topological polar surface area (TPSA) is 66.8 Å². The Balaban J connectivity index is 1.75. The van der Waals surface area contributed by atoms with Gasteiger partial charge in [0.25, 0.3) is 0 Å². The summed E-state index contributed by atoms with van der Waals surface area (Å²) in [6.07, 6.45) is 9.32. The lowest BCUT2D eigenvalue weighted by Gasteiger charge is -2.29. The summed E-state index contributed by atoms with van der Waals surface area (Å²) in [4.78, 5) is 10.4. The van der Waals surface area contributed by atoms with Gasteiger partial charge in [-0.15, -0.1) is 0 Å². The molecule has 0 unspecified atom stereocenters. The molecule has 0 aromatic rings. The molecule has 0 saturated carbocycles. The number of aliphatic hydroxyl groups is 1. The van der Waals surface area contributed by atoms with Gasteiger partial charge in [0, 0.05) is 12.3 Å². The van der Waals surface area contributed by atoms with Crippen LogP contribution in [0.1, 0.15) is 45.4 Å². The lowest BCUT2D eigenvalue weighted by molar-refractivity contribution is -0.137. The van der Waals surface area contributed by atoms with E-state index in [4.69, 9.17) is 9.84 Å². The molecule has 0 spiro atoms. The average Bonchev–Trinajstić information content (AvgIpc) is 2.93. The van der Waals surface area contributed by atoms with Crippen LogP contribution in [0.5, 0.6) is 0 Å². The first-order chi connectivity index (χ1) is 9.09. The number of hydrogen-bond acceptors (Lipinski definition) is 3. The highest BCUT2D eigenvalue weighted by molar-refractivity contribution is 5.66. The van der Waals surface area contributed by atoms with Crippen molar-refractivity contribution in [1.29, 1.82) is 0 Å². The number of aliphatic carboxylic acids is 1. The minimum atomic E-state index is -0.732. The lowest BCUT2D eigenvalue weighted by atomic mass is 9.75. The molecule has 0 amide bonds. The number of rotatable bonds is 7. The van der Waals surface area contributed by atoms with E-state index in [-0.39, 0.29) is 24.5 Å². The number of ether oxygens (including phenoxy) is 1. The van der Waals surface area contributed by atoms with Crippen LogP contribution in [0.15, 0.2) is 12.2 Å². The molecule has 2 saturated heterocycles. The van der Waals surface area contributed by atoms with E-state index >= 15 is 0 Å². The SMILES string of the molecule is C[C@@H](O)[C@H]1[C@@H](CC=CCCCC(=O)O)[C@H]2CC[C@@H]1O2. The fourth-order valence-corrected chi connectivity index (χ4v) is 3.53. The van der Waals surface area contributed by atoms with Gasteiger partial charge in [0.05, 0.1) is 18.3 Å². The van der Waals surface area contributed by atoms with Gasteiger partial charge in [-0.25, -0.2) is 0 Å². The highest BCUT2D eigenvalue weighted by Crippen LogP contribution is 2.46. The number of hydrogen-bond donors (Lipinski definition) is 2. The largest absolute Gasteiger partial charge is 0.481 e. The van der Waals surface area contributed by atoms with Crippen LogP contribution in [0.25, 0.3) is 0 Å². The summed E-state index contributed by atoms with van der Waals surface area (Å²) < 4.78 is 5.90. The molecule has 2 bridgehead atoms. The smallest absolute Gasteiger partial charge is 0.303 e. The van der Waals surface area contributed by atoms with E-state index in [1.165, 1.54) is 0 Å². The summed E-state index contributed by atoms with van der Waals surface area (Å²) in [7, 11) is 0. The summed E-state index contributed by atoms with van der Waals surface area (Å²) >= 11 is 0. The van der Waals surface area contributed by atoms with Crippen molar-refractivity contribution in [3.8, 4) is 0 Å². The molecule has 0 aromatic heterocycles. The van der Waals surface area contributed by atoms with Crippen molar-refractivity contribution in [2.24, 2.45) is 11.8 Å². The van der Waals surface area contributed by atoms with Crippen LogP contribution >= 0.6 is 0 Å². The van der Waals surface area contributed by atoms with E-state index in [1.54, 1.807) is 0 Å². The van der Waals surface area contributed by atoms with Crippen LogP contribution in [0.3, 0.4) is 0 Å². The van der Waals surface area contributed by atoms with Crippen molar-refractivity contribution in [3.63, 3.8) is 0 Å². The summed E-state index contributed by atoms with van der Waals surface area (Å²) in [6.45, 7) is 1.86. The molecule has 4 nitrogen and oxygen atoms in total. The number of allylic oxidation sites excluding steroid dienone is 2. The van der Waals surface area contributed by atoms with Gasteiger partial charge in [0.15, 0.2) is 0 Å². The number of fused-ring (bicyclic) bond motifs is 2. The summed E-state index contributed by atoms with van der Waals surface area (Å²) in [6, 6.07) is 0. The van der Waals surface area contributed by atoms with Crippen LogP contribution in [0, 0.1) is 11.8 Å². The third-order valence-electron chi connectivity index (χ3n) is 4.38. The second-order valence-corrected chi connectivity index (χ2v) is 5.77. The Morgan fingerprint density at radius 3 is 2.79 bits per heavy atom. The monoisotopic (exact) mass is 268 g/mol. The van der Waals surface area contributed by atoms with E-state index in [0.717, 1.165) is 25.7 Å². The number of aliphatic hydroxyl groups excluding tert-OH is 1. The van der Waals surface area contributed by atoms with Crippen molar-refractivity contribution in [1.82, 2.24) is 0 Å². The molecular weight excluding hydrogens is 244 g/mol. The molecule has 0 aliphatic carbocycles. The predicted octanol–water partition coefficient (Wildman–Crippen LogP) is 2.36. The summed E-state index contributed by atoms with van der Waals surface area (Å²) in [5.74, 6) is -0.0408. The van der Waals surface area contributed by atoms with Gasteiger partial charge in [-0.3, -0.25) is 4.79 Å². The number of carboxylic acids is 1. The minimum Gasteiger partial charge on any atom is -0.481 e. The zero-order chi connectivity index (χ0) is 13.8. The first-order valence-electron chi connectivity index (χ1n) is 7.30. The molecule has 19 heavy (non-hydrogen) atoms. The Morgan fingerprint density at radius 2 is 2.11 bits per heavy atom. The average molecular weight is 268 g/mol. The van der Waals surface area contributed by atoms with Crippen LogP contribution in [0.2, 0.25) is 0 Å². The molecule has 2 N–H and O–H groups in total. The normalized spacial score (nSPS) is 35.1. The first kappa shape index (κ1) is 14.5. The van der Waals surface area contributed by atoms with Crippen molar-refractivity contribution in [3.05, 3.63) is 12.2 Å². The fourth-order valence-electron chi connectivity index (χ4n) is 3.53. The Kier molecular flexibility index (Phi) is 4.99. The Bertz CT molecular complexity index is 337. The quantitative estimate of drug-likeness (QED) is 0.549. The van der Waals surface area contributed by atoms with Crippen molar-refractivity contribution >= 4 is 5.97 Å². The zero-order valence-corrected chi connectivity index (χ0v) is 11.5. The Morgan fingerprint density at radius 1 is 1.37 bits per heavy atom. The van der Waals surface area contributed by atoms with Crippen molar-refractivity contribution in [2.45, 2.75) is 63.8 Å². The predicted molar refractivity (Wildman–Crippen MR) is 71.8 cm³/mol. The second-order valence-electron chi connectivity index (χ2n) is 5.77. The molecule has 4 heteroatoms. The third-order valence-corrected chi connectivity index (χ3v) is 4.38. The maximum Gasteiger partial charge on any atom is 0.303 e. The minimum absolute atomic E-state index is 0.234. The molecule has 108 valence electrons. The van der Waals surface area contributed by atoms with Gasteiger partial charge < -0.3 is 14.9 Å². The standard InChI is InChI=1S/C15H24O4/c1-10(16)15-11(12-8-9-13(15)19-12)6-4-2-3-5-7-14(17)18/h2,4,10-13,15-16H,3,5-9H2,1H3,(H,17,18)/t10-,11+,12-,13+,15+/m1/s1. The number of unbranched alkanes of at least 4 members (excludes halogenated alkanes) is 1. The molecule has 2 aliphatic rings. The summed E-state index contributed by atoms with van der Waals surface area (Å²) in [5, 5.41) is 18.4. The Labute approximate surface area is 114 Å². The Hall–Kier alpha value is -0.870. The van der Waals surface area contributed by atoms with Crippen LogP contribution < -0.4 is 0 Å². The van der Waals surface area contributed by atoms with Crippen LogP contribution in [0.4, 0.5) is 0 Å². The van der Waals surface area contributed by atoms with Gasteiger partial charge in [-0.05, 0) is 44.9 Å². The third kappa shape index (κ3) is 3.57. The first-order valence-corrected chi connectivity index (χ1v) is 7.30. The van der Waals surface area contributed by atoms with E-state index in [9.17, 15) is 9.90 Å². The van der Waals surface area contributed by atoms with Gasteiger partial charge >= 0.3 is 5.97 Å². The highest BCUT2D eigenvalue weighted by Gasteiger charge is 2.49. The fraction of sp³-hybridized carbons (Fsp3) is 0.800. The zero-order valence-electron chi connectivity index (χ0n) is 11.5. The molecule has 0 radical (unpaired) electrons. The molecule has 2 rings (SSSR count). The lowest BCUT2D eigenvalue weighted by Crippen LogP contribution is -2.34. The number of carbonyl (C=O) groups is 1. The van der Waals surface area contributed by atoms with Gasteiger partial charge in [-0.1, -0.05) is 12.2 Å². The van der Waals surface area contributed by atoms with Crippen molar-refractivity contribution < 1.29 is 19.7 Å². The molecule has 2 aliphatic heterocycles. The van der Waals surface area contributed by atoms with Gasteiger partial charge in [-0.2, -0.15) is 0 Å². The molecule has 0 aromatic carbocycles. The molecular formula is C15H24O4. The van der Waals surface area contributed by atoms with Gasteiger partial charge in [0.2, 0.25) is 0 Å². The molecule has 2 fully saturated rings. The van der Waals surface area contributed by atoms with Crippen LogP contribution in [-0.2, 0) is 9.53 Å². The molecule has 2 heterocycles. The van der Waals surface area contributed by atoms with Crippen molar-refractivity contribution in [2.75, 3.05) is 0 Å². The van der Waals surface area contributed by atoms with E-state index in [1.807, 2.05) is 6.92 Å². The highest BCUT2D eigenvalue weighted by atomic mass is 16.5. The summed E-state index contributed by atoms with van der Waals surface area (Å²) in [5.41, 5.74) is 0.